The number of aromatic hydroxyl groups is 1. The molecule has 2 aromatic heterocycles. The number of halogens is 3. The highest BCUT2D eigenvalue weighted by molar-refractivity contribution is 9.09. The van der Waals surface area contributed by atoms with Gasteiger partial charge >= 0.3 is 11.9 Å². The number of aromatic nitrogens is 2. The summed E-state index contributed by atoms with van der Waals surface area (Å²) in [6.07, 6.45) is -1.26. The van der Waals surface area contributed by atoms with Crippen LogP contribution in [0.4, 0.5) is 0 Å². The van der Waals surface area contributed by atoms with Gasteiger partial charge in [0.05, 0.1) is 32.5 Å². The van der Waals surface area contributed by atoms with Crippen LogP contribution in [0.3, 0.4) is 0 Å². The molecule has 0 bridgehead atoms. The first-order valence-corrected chi connectivity index (χ1v) is 19.5. The Morgan fingerprint density at radius 3 is 1.68 bits per heavy atom. The van der Waals surface area contributed by atoms with Crippen molar-refractivity contribution in [3.05, 3.63) is 155 Å². The number of rotatable bonds is 10. The molecule has 2 atom stereocenters. The van der Waals surface area contributed by atoms with Crippen molar-refractivity contribution in [1.29, 1.82) is 0 Å². The number of para-hydroxylation sites is 4. The second kappa shape index (κ2) is 22.3. The van der Waals surface area contributed by atoms with Crippen LogP contribution in [0.15, 0.2) is 142 Å². The van der Waals surface area contributed by atoms with E-state index in [2.05, 4.69) is 30.6 Å². The Morgan fingerprint density at radius 1 is 0.645 bits per heavy atom. The summed E-state index contributed by atoms with van der Waals surface area (Å²) in [6.45, 7) is 0. The summed E-state index contributed by atoms with van der Waals surface area (Å²) in [4.78, 5) is 31.5. The zero-order valence-electron chi connectivity index (χ0n) is 32.0. The molecule has 0 saturated carbocycles. The molecule has 62 heavy (non-hydrogen) atoms. The quantitative estimate of drug-likeness (QED) is 0.0986. The number of methoxy groups -OCH3 is 3. The number of oxazole rings is 2. The number of fused-ring (bicyclic) bond motifs is 2. The van der Waals surface area contributed by atoms with Crippen LogP contribution in [0.5, 0.6) is 23.0 Å². The number of ether oxygens (including phenoxy) is 4. The van der Waals surface area contributed by atoms with Crippen molar-refractivity contribution in [2.75, 3.05) is 21.3 Å². The van der Waals surface area contributed by atoms with Crippen LogP contribution in [0.25, 0.3) is 45.1 Å². The number of carboxylic acid groups (broad SMARTS) is 1. The molecule has 0 aliphatic rings. The highest BCUT2D eigenvalue weighted by atomic mass is 79.9. The van der Waals surface area contributed by atoms with Crippen LogP contribution in [0.2, 0.25) is 10.0 Å². The maximum atomic E-state index is 11.9. The molecular weight excluding hydrogens is 903 g/mol. The molecule has 15 heteroatoms. The SMILES string of the molecule is C.C.COC(=O)C(Br)c1cccc(OC)c1.COc1cccc(C(Oc2ccc(Cl)cc2-c2nc3ccccc3o2)C(=O)O)c1.Oc1ccc(Cl)cc1-c1nc2ccccc2o1. The molecule has 2 N–H and O–H groups in total. The van der Waals surface area contributed by atoms with E-state index in [4.69, 9.17) is 46.2 Å². The molecule has 0 fully saturated rings. The van der Waals surface area contributed by atoms with Crippen molar-refractivity contribution < 1.29 is 47.6 Å². The highest BCUT2D eigenvalue weighted by Gasteiger charge is 2.25. The largest absolute Gasteiger partial charge is 0.507 e. The second-order valence-corrected chi connectivity index (χ2v) is 14.3. The maximum absolute atomic E-state index is 11.9. The Kier molecular flexibility index (Phi) is 17.3. The summed E-state index contributed by atoms with van der Waals surface area (Å²) in [6, 6.07) is 38.3. The number of phenols is 1. The van der Waals surface area contributed by atoms with Gasteiger partial charge in [-0.25, -0.2) is 14.8 Å². The van der Waals surface area contributed by atoms with E-state index in [-0.39, 0.29) is 32.3 Å². The molecule has 12 nitrogen and oxygen atoms in total. The van der Waals surface area contributed by atoms with Crippen molar-refractivity contribution in [2.24, 2.45) is 0 Å². The van der Waals surface area contributed by atoms with E-state index in [1.54, 1.807) is 73.8 Å². The minimum absolute atomic E-state index is 0. The number of carbonyl (C=O) groups is 2. The van der Waals surface area contributed by atoms with Gasteiger partial charge in [-0.2, -0.15) is 0 Å². The fraction of sp³-hybridized carbons (Fsp3) is 0.149. The van der Waals surface area contributed by atoms with Gasteiger partial charge < -0.3 is 38.0 Å². The number of alkyl halides is 1. The molecule has 2 heterocycles. The summed E-state index contributed by atoms with van der Waals surface area (Å²) < 4.78 is 32.1. The lowest BCUT2D eigenvalue weighted by atomic mass is 10.1. The molecule has 0 amide bonds. The smallest absolute Gasteiger partial charge is 0.349 e. The van der Waals surface area contributed by atoms with E-state index in [1.165, 1.54) is 20.3 Å². The van der Waals surface area contributed by atoms with Gasteiger partial charge in [-0.1, -0.05) is 103 Å². The lowest BCUT2D eigenvalue weighted by Gasteiger charge is -2.18. The van der Waals surface area contributed by atoms with E-state index in [1.807, 2.05) is 60.7 Å². The van der Waals surface area contributed by atoms with Gasteiger partial charge in [-0.3, -0.25) is 4.79 Å². The Labute approximate surface area is 376 Å². The van der Waals surface area contributed by atoms with Gasteiger partial charge in [0.15, 0.2) is 11.2 Å². The lowest BCUT2D eigenvalue weighted by molar-refractivity contribution is -0.145. The Bertz CT molecular complexity index is 2690. The number of phenolic OH excluding ortho intramolecular Hbond substituents is 1. The number of aliphatic carboxylic acids is 1. The van der Waals surface area contributed by atoms with Crippen LogP contribution < -0.4 is 14.2 Å². The van der Waals surface area contributed by atoms with Gasteiger partial charge in [0.1, 0.15) is 38.9 Å². The topological polar surface area (TPSA) is 164 Å². The van der Waals surface area contributed by atoms with E-state index < -0.39 is 16.9 Å². The van der Waals surface area contributed by atoms with Crippen molar-refractivity contribution >= 4 is 73.3 Å². The molecule has 2 unspecified atom stereocenters. The molecule has 322 valence electrons. The molecule has 0 saturated heterocycles. The zero-order chi connectivity index (χ0) is 42.8. The van der Waals surface area contributed by atoms with Crippen molar-refractivity contribution in [3.63, 3.8) is 0 Å². The lowest BCUT2D eigenvalue weighted by Crippen LogP contribution is -2.18. The van der Waals surface area contributed by atoms with Crippen molar-refractivity contribution in [2.45, 2.75) is 25.8 Å². The maximum Gasteiger partial charge on any atom is 0.349 e. The normalized spacial score (nSPS) is 11.3. The summed E-state index contributed by atoms with van der Waals surface area (Å²) in [5, 5.41) is 20.5. The summed E-state index contributed by atoms with van der Waals surface area (Å²) in [7, 11) is 4.46. The van der Waals surface area contributed by atoms with Crippen LogP contribution >= 0.6 is 39.1 Å². The van der Waals surface area contributed by atoms with E-state index in [9.17, 15) is 19.8 Å². The van der Waals surface area contributed by atoms with Gasteiger partial charge in [0, 0.05) is 15.6 Å². The fourth-order valence-electron chi connectivity index (χ4n) is 5.66. The third-order valence-corrected chi connectivity index (χ3v) is 9.98. The molecule has 0 radical (unpaired) electrons. The molecular formula is C47H43BrCl2N2O10. The van der Waals surface area contributed by atoms with Crippen molar-refractivity contribution in [1.82, 2.24) is 9.97 Å². The average Bonchev–Trinajstić information content (AvgIpc) is 3.91. The first-order chi connectivity index (χ1) is 29.0. The van der Waals surface area contributed by atoms with Crippen molar-refractivity contribution in [3.8, 4) is 45.9 Å². The van der Waals surface area contributed by atoms with E-state index >= 15 is 0 Å². The molecule has 6 aromatic carbocycles. The van der Waals surface area contributed by atoms with E-state index in [0.717, 1.165) is 16.8 Å². The summed E-state index contributed by atoms with van der Waals surface area (Å²) >= 11 is 15.3. The third-order valence-electron chi connectivity index (χ3n) is 8.61. The van der Waals surface area contributed by atoms with Gasteiger partial charge in [-0.15, -0.1) is 0 Å². The zero-order valence-corrected chi connectivity index (χ0v) is 35.1. The number of hydrogen-bond acceptors (Lipinski definition) is 11. The van der Waals surface area contributed by atoms with Crippen LogP contribution in [-0.2, 0) is 14.3 Å². The number of benzene rings is 6. The molecule has 0 aliphatic heterocycles. The fourth-order valence-corrected chi connectivity index (χ4v) is 6.47. The molecule has 8 rings (SSSR count). The Morgan fingerprint density at radius 2 is 1.15 bits per heavy atom. The predicted molar refractivity (Wildman–Crippen MR) is 245 cm³/mol. The third kappa shape index (κ3) is 11.8. The van der Waals surface area contributed by atoms with Crippen LogP contribution in [0, 0.1) is 0 Å². The number of esters is 1. The monoisotopic (exact) mass is 944 g/mol. The number of hydrogen-bond donors (Lipinski definition) is 2. The minimum atomic E-state index is -1.26. The number of nitrogens with zero attached hydrogens (tertiary/aromatic N) is 2. The number of carboxylic acids is 1. The van der Waals surface area contributed by atoms with Gasteiger partial charge in [-0.05, 0) is 90.5 Å². The summed E-state index contributed by atoms with van der Waals surface area (Å²) in [5.41, 5.74) is 4.93. The average molecular weight is 947 g/mol. The standard InChI is InChI=1S/C22H16ClNO5.C13H8ClNO2.C10H11BrO3.2CH4/c1-27-15-6-4-5-13(11-15)20(22(25)26)28-18-10-9-14(23)12-16(18)21-24-17-7-2-3-8-19(17)29-21;14-8-5-6-11(16)9(7-8)13-15-10-3-1-2-4-12(10)17-13;1-13-8-5-3-4-7(6-8)9(11)10(12)14-2;;/h2-12,20H,1H3,(H,25,26);1-7,16H;3-6,9H,1-2H3;2*1H4. The first-order valence-electron chi connectivity index (χ1n) is 17.9. The van der Waals surface area contributed by atoms with Gasteiger partial charge in [0.2, 0.25) is 17.9 Å². The summed E-state index contributed by atoms with van der Waals surface area (Å²) in [5.74, 6) is 0.834. The Balaban J connectivity index is 0.000000219. The molecule has 8 aromatic rings. The molecule has 0 aliphatic carbocycles. The minimum Gasteiger partial charge on any atom is -0.507 e. The number of carbonyl (C=O) groups excluding carboxylic acids is 1. The predicted octanol–water partition coefficient (Wildman–Crippen LogP) is 12.8. The van der Waals surface area contributed by atoms with Crippen LogP contribution in [0.1, 0.15) is 36.9 Å². The second-order valence-electron chi connectivity index (χ2n) is 12.6. The van der Waals surface area contributed by atoms with E-state index in [0.29, 0.717) is 60.9 Å². The van der Waals surface area contributed by atoms with Crippen LogP contribution in [-0.4, -0.2) is 53.4 Å². The highest BCUT2D eigenvalue weighted by Crippen LogP contribution is 2.37. The first kappa shape index (κ1) is 48.1. The van der Waals surface area contributed by atoms with Gasteiger partial charge in [0.25, 0.3) is 0 Å². The Hall–Kier alpha value is -6.54. The molecule has 0 spiro atoms.